The van der Waals surface area contributed by atoms with Gasteiger partial charge in [0.2, 0.25) is 0 Å². The molecule has 0 aromatic carbocycles. The Hall–Kier alpha value is -0.660. The van der Waals surface area contributed by atoms with Crippen LogP contribution in [0.15, 0.2) is 24.3 Å². The van der Waals surface area contributed by atoms with Gasteiger partial charge in [-0.05, 0) is 24.3 Å². The lowest BCUT2D eigenvalue weighted by atomic mass is 10.1. The van der Waals surface area contributed by atoms with Crippen molar-refractivity contribution in [3.63, 3.8) is 0 Å². The lowest BCUT2D eigenvalue weighted by molar-refractivity contribution is 0.184. The van der Waals surface area contributed by atoms with Gasteiger partial charge in [0.05, 0.1) is 0 Å². The van der Waals surface area contributed by atoms with E-state index in [2.05, 4.69) is 6.58 Å². The van der Waals surface area contributed by atoms with Crippen LogP contribution in [0.3, 0.4) is 0 Å². The molecule has 0 aromatic heterocycles. The maximum Gasteiger partial charge on any atom is 0.259 e. The molecule has 0 radical (unpaired) electrons. The van der Waals surface area contributed by atoms with Crippen molar-refractivity contribution in [1.82, 2.24) is 0 Å². The van der Waals surface area contributed by atoms with Gasteiger partial charge in [-0.3, -0.25) is 0 Å². The molecule has 0 unspecified atom stereocenters. The third kappa shape index (κ3) is 5.05. The second-order valence-electron chi connectivity index (χ2n) is 3.11. The molecule has 0 N–H and O–H groups in total. The molecule has 0 aliphatic carbocycles. The Morgan fingerprint density at radius 1 is 1.42 bits per heavy atom. The average molecular weight is 174 g/mol. The molecule has 0 amide bonds. The number of alkyl halides is 2. The molecule has 0 fully saturated rings. The Kier molecular flexibility index (Phi) is 5.60. The zero-order valence-corrected chi connectivity index (χ0v) is 7.69. The third-order valence-corrected chi connectivity index (χ3v) is 1.46. The Morgan fingerprint density at radius 3 is 2.33 bits per heavy atom. The zero-order valence-electron chi connectivity index (χ0n) is 7.69. The third-order valence-electron chi connectivity index (χ3n) is 1.46. The van der Waals surface area contributed by atoms with Gasteiger partial charge in [-0.25, -0.2) is 8.78 Å². The van der Waals surface area contributed by atoms with Crippen LogP contribution < -0.4 is 0 Å². The zero-order chi connectivity index (χ0) is 9.56. The number of rotatable bonds is 5. The predicted molar refractivity (Wildman–Crippen MR) is 48.4 cm³/mol. The molecule has 2 heteroatoms. The van der Waals surface area contributed by atoms with Crippen molar-refractivity contribution in [3.05, 3.63) is 24.3 Å². The monoisotopic (exact) mass is 174 g/mol. The SMILES string of the molecule is C=CCC/C(=C/C(C)C)C(F)F. The van der Waals surface area contributed by atoms with Crippen LogP contribution in [0.4, 0.5) is 8.78 Å². The molecular weight excluding hydrogens is 158 g/mol. The average Bonchev–Trinajstić information content (AvgIpc) is 1.96. The minimum Gasteiger partial charge on any atom is -0.205 e. The number of hydrogen-bond acceptors (Lipinski definition) is 0. The minimum absolute atomic E-state index is 0.193. The van der Waals surface area contributed by atoms with Crippen molar-refractivity contribution >= 4 is 0 Å². The van der Waals surface area contributed by atoms with Gasteiger partial charge in [-0.15, -0.1) is 6.58 Å². The first-order valence-electron chi connectivity index (χ1n) is 4.17. The summed E-state index contributed by atoms with van der Waals surface area (Å²) in [7, 11) is 0. The van der Waals surface area contributed by atoms with E-state index in [1.54, 1.807) is 12.2 Å². The normalized spacial score (nSPS) is 12.7. The lowest BCUT2D eigenvalue weighted by Crippen LogP contribution is -1.98. The Bertz CT molecular complexity index is 157. The summed E-state index contributed by atoms with van der Waals surface area (Å²) in [6.07, 6.45) is 2.04. The van der Waals surface area contributed by atoms with Gasteiger partial charge in [0, 0.05) is 0 Å². The maximum atomic E-state index is 12.3. The van der Waals surface area contributed by atoms with Crippen molar-refractivity contribution in [1.29, 1.82) is 0 Å². The van der Waals surface area contributed by atoms with Crippen LogP contribution in [0, 0.1) is 5.92 Å². The van der Waals surface area contributed by atoms with Gasteiger partial charge in [0.1, 0.15) is 0 Å². The molecule has 0 heterocycles. The first-order chi connectivity index (χ1) is 5.57. The van der Waals surface area contributed by atoms with Crippen molar-refractivity contribution in [2.75, 3.05) is 0 Å². The molecule has 0 saturated carbocycles. The molecule has 12 heavy (non-hydrogen) atoms. The minimum atomic E-state index is -2.31. The van der Waals surface area contributed by atoms with Gasteiger partial charge in [0.15, 0.2) is 0 Å². The van der Waals surface area contributed by atoms with Crippen LogP contribution in [-0.4, -0.2) is 6.43 Å². The highest BCUT2D eigenvalue weighted by molar-refractivity contribution is 5.07. The van der Waals surface area contributed by atoms with Crippen LogP contribution in [0.2, 0.25) is 0 Å². The number of hydrogen-bond donors (Lipinski definition) is 0. The van der Waals surface area contributed by atoms with E-state index in [4.69, 9.17) is 0 Å². The molecule has 0 aromatic rings. The van der Waals surface area contributed by atoms with E-state index in [1.165, 1.54) is 0 Å². The summed E-state index contributed by atoms with van der Waals surface area (Å²) < 4.78 is 24.6. The number of halogens is 2. The quantitative estimate of drug-likeness (QED) is 0.556. The molecule has 70 valence electrons. The highest BCUT2D eigenvalue weighted by atomic mass is 19.3. The van der Waals surface area contributed by atoms with Gasteiger partial charge >= 0.3 is 0 Å². The van der Waals surface area contributed by atoms with Crippen molar-refractivity contribution in [2.24, 2.45) is 5.92 Å². The van der Waals surface area contributed by atoms with Crippen LogP contribution in [0.1, 0.15) is 26.7 Å². The second-order valence-corrected chi connectivity index (χ2v) is 3.11. The second kappa shape index (κ2) is 5.92. The van der Waals surface area contributed by atoms with Crippen LogP contribution in [0.5, 0.6) is 0 Å². The van der Waals surface area contributed by atoms with E-state index in [-0.39, 0.29) is 11.5 Å². The van der Waals surface area contributed by atoms with E-state index in [1.807, 2.05) is 13.8 Å². The van der Waals surface area contributed by atoms with Gasteiger partial charge < -0.3 is 0 Å². The van der Waals surface area contributed by atoms with E-state index >= 15 is 0 Å². The molecule has 0 rings (SSSR count). The Morgan fingerprint density at radius 2 is 2.00 bits per heavy atom. The molecular formula is C10H16F2. The predicted octanol–water partition coefficient (Wildman–Crippen LogP) is 3.80. The summed E-state index contributed by atoms with van der Waals surface area (Å²) in [5.74, 6) is 0.193. The molecule has 0 aliphatic heterocycles. The first-order valence-corrected chi connectivity index (χ1v) is 4.17. The summed E-state index contributed by atoms with van der Waals surface area (Å²) >= 11 is 0. The van der Waals surface area contributed by atoms with Crippen LogP contribution >= 0.6 is 0 Å². The molecule has 0 aliphatic rings. The summed E-state index contributed by atoms with van der Waals surface area (Å²) in [6.45, 7) is 7.30. The topological polar surface area (TPSA) is 0 Å². The molecule has 0 saturated heterocycles. The van der Waals surface area contributed by atoms with E-state index < -0.39 is 6.43 Å². The molecule has 0 nitrogen and oxygen atoms in total. The summed E-state index contributed by atoms with van der Waals surface area (Å²) in [5.41, 5.74) is 0.241. The Balaban J connectivity index is 4.12. The molecule has 0 bridgehead atoms. The highest BCUT2D eigenvalue weighted by Gasteiger charge is 2.09. The number of allylic oxidation sites excluding steroid dienone is 3. The van der Waals surface area contributed by atoms with Gasteiger partial charge in [-0.1, -0.05) is 26.0 Å². The summed E-state index contributed by atoms with van der Waals surface area (Å²) in [6, 6.07) is 0. The van der Waals surface area contributed by atoms with Crippen molar-refractivity contribution < 1.29 is 8.78 Å². The van der Waals surface area contributed by atoms with Gasteiger partial charge in [0.25, 0.3) is 6.43 Å². The first kappa shape index (κ1) is 11.3. The fourth-order valence-electron chi connectivity index (χ4n) is 0.962. The fraction of sp³-hybridized carbons (Fsp3) is 0.600. The van der Waals surface area contributed by atoms with E-state index in [0.29, 0.717) is 12.8 Å². The largest absolute Gasteiger partial charge is 0.259 e. The highest BCUT2D eigenvalue weighted by Crippen LogP contribution is 2.17. The van der Waals surface area contributed by atoms with E-state index in [0.717, 1.165) is 0 Å². The standard InChI is InChI=1S/C10H16F2/c1-4-5-6-9(10(11)12)7-8(2)3/h4,7-8,10H,1,5-6H2,2-3H3/b9-7-. The Labute approximate surface area is 73.0 Å². The molecule has 0 spiro atoms. The van der Waals surface area contributed by atoms with Crippen molar-refractivity contribution in [2.45, 2.75) is 33.1 Å². The fourth-order valence-corrected chi connectivity index (χ4v) is 0.962. The van der Waals surface area contributed by atoms with Crippen LogP contribution in [0.25, 0.3) is 0 Å². The van der Waals surface area contributed by atoms with E-state index in [9.17, 15) is 8.78 Å². The van der Waals surface area contributed by atoms with Gasteiger partial charge in [-0.2, -0.15) is 0 Å². The van der Waals surface area contributed by atoms with Crippen molar-refractivity contribution in [3.8, 4) is 0 Å². The molecule has 0 atom stereocenters. The summed E-state index contributed by atoms with van der Waals surface area (Å²) in [5, 5.41) is 0. The summed E-state index contributed by atoms with van der Waals surface area (Å²) in [4.78, 5) is 0. The maximum absolute atomic E-state index is 12.3. The smallest absolute Gasteiger partial charge is 0.205 e. The van der Waals surface area contributed by atoms with Crippen LogP contribution in [-0.2, 0) is 0 Å². The lowest BCUT2D eigenvalue weighted by Gasteiger charge is -2.06.